The predicted octanol–water partition coefficient (Wildman–Crippen LogP) is 3.77. The number of morpholine rings is 1. The summed E-state index contributed by atoms with van der Waals surface area (Å²) in [6.45, 7) is 7.68. The van der Waals surface area contributed by atoms with E-state index in [2.05, 4.69) is 54.2 Å². The molecule has 30 heavy (non-hydrogen) atoms. The molecular formula is C24H28N4O2. The fourth-order valence-corrected chi connectivity index (χ4v) is 4.39. The number of aryl methyl sites for hydroxylation is 1. The van der Waals surface area contributed by atoms with Crippen molar-refractivity contribution in [2.75, 3.05) is 19.7 Å². The number of fused-ring (bicyclic) bond motifs is 1. The number of aromatic nitrogens is 3. The van der Waals surface area contributed by atoms with Crippen LogP contribution in [0.5, 0.6) is 5.75 Å². The molecule has 2 aliphatic rings. The molecule has 1 aromatic carbocycles. The van der Waals surface area contributed by atoms with E-state index in [4.69, 9.17) is 14.5 Å². The summed E-state index contributed by atoms with van der Waals surface area (Å²) in [5, 5.41) is 4.26. The number of benzene rings is 1. The second-order valence-corrected chi connectivity index (χ2v) is 8.93. The number of pyridine rings is 1. The monoisotopic (exact) mass is 404 g/mol. The topological polar surface area (TPSA) is 52.4 Å². The summed E-state index contributed by atoms with van der Waals surface area (Å²) in [5.74, 6) is 1.03. The molecule has 1 atom stereocenters. The Morgan fingerprint density at radius 1 is 1.20 bits per heavy atom. The minimum Gasteiger partial charge on any atom is -0.487 e. The minimum atomic E-state index is -0.101. The minimum absolute atomic E-state index is 0.0212. The maximum absolute atomic E-state index is 6.08. The van der Waals surface area contributed by atoms with Crippen LogP contribution in [0.25, 0.3) is 11.3 Å². The molecule has 0 bridgehead atoms. The highest BCUT2D eigenvalue weighted by Gasteiger charge is 2.30. The SMILES string of the molecule is Cn1cc(-c2cccc(C3CN(Cc4ccc5c(c4)CC(C)(C)O5)CCO3)n2)cn1. The van der Waals surface area contributed by atoms with Crippen LogP contribution in [0.4, 0.5) is 0 Å². The van der Waals surface area contributed by atoms with Crippen LogP contribution in [0.3, 0.4) is 0 Å². The van der Waals surface area contributed by atoms with E-state index < -0.39 is 0 Å². The Hall–Kier alpha value is -2.70. The van der Waals surface area contributed by atoms with Crippen molar-refractivity contribution in [3.05, 3.63) is 65.6 Å². The van der Waals surface area contributed by atoms with Gasteiger partial charge in [-0.25, -0.2) is 4.98 Å². The van der Waals surface area contributed by atoms with Crippen LogP contribution in [0.1, 0.15) is 36.8 Å². The Balaban J connectivity index is 1.29. The number of hydrogen-bond acceptors (Lipinski definition) is 5. The van der Waals surface area contributed by atoms with E-state index in [1.165, 1.54) is 11.1 Å². The maximum Gasteiger partial charge on any atom is 0.123 e. The first kappa shape index (κ1) is 19.3. The van der Waals surface area contributed by atoms with E-state index in [0.29, 0.717) is 6.61 Å². The Morgan fingerprint density at radius 3 is 2.93 bits per heavy atom. The molecule has 2 aromatic heterocycles. The lowest BCUT2D eigenvalue weighted by molar-refractivity contribution is -0.0349. The summed E-state index contributed by atoms with van der Waals surface area (Å²) in [6.07, 6.45) is 4.78. The highest BCUT2D eigenvalue weighted by atomic mass is 16.5. The van der Waals surface area contributed by atoms with E-state index in [1.807, 2.05) is 25.5 Å². The summed E-state index contributed by atoms with van der Waals surface area (Å²) in [5.41, 5.74) is 5.47. The first-order valence-electron chi connectivity index (χ1n) is 10.6. The van der Waals surface area contributed by atoms with Gasteiger partial charge in [0.1, 0.15) is 17.5 Å². The Morgan fingerprint density at radius 2 is 2.10 bits per heavy atom. The molecule has 156 valence electrons. The van der Waals surface area contributed by atoms with E-state index in [0.717, 1.165) is 48.8 Å². The standard InChI is InChI=1S/C24H28N4O2/c1-24(2)12-18-11-17(7-8-22(18)30-24)14-28-9-10-29-23(16-28)21-6-4-5-20(26-21)19-13-25-27(3)15-19/h4-8,11,13,15,23H,9-10,12,14,16H2,1-3H3. The molecule has 3 aromatic rings. The van der Waals surface area contributed by atoms with Crippen molar-refractivity contribution in [2.45, 2.75) is 38.5 Å². The second-order valence-electron chi connectivity index (χ2n) is 8.93. The van der Waals surface area contributed by atoms with Crippen molar-refractivity contribution in [1.82, 2.24) is 19.7 Å². The smallest absolute Gasteiger partial charge is 0.123 e. The molecule has 0 N–H and O–H groups in total. The molecule has 0 amide bonds. The van der Waals surface area contributed by atoms with Crippen LogP contribution in [-0.4, -0.2) is 45.0 Å². The van der Waals surface area contributed by atoms with Gasteiger partial charge in [0.15, 0.2) is 0 Å². The number of ether oxygens (including phenoxy) is 2. The van der Waals surface area contributed by atoms with Gasteiger partial charge < -0.3 is 9.47 Å². The van der Waals surface area contributed by atoms with Crippen LogP contribution >= 0.6 is 0 Å². The van der Waals surface area contributed by atoms with Crippen molar-refractivity contribution in [3.63, 3.8) is 0 Å². The highest BCUT2D eigenvalue weighted by Crippen LogP contribution is 2.35. The van der Waals surface area contributed by atoms with Gasteiger partial charge in [0.25, 0.3) is 0 Å². The fourth-order valence-electron chi connectivity index (χ4n) is 4.39. The zero-order valence-electron chi connectivity index (χ0n) is 17.8. The van der Waals surface area contributed by atoms with E-state index in [9.17, 15) is 0 Å². The average molecular weight is 405 g/mol. The van der Waals surface area contributed by atoms with Crippen LogP contribution in [0.15, 0.2) is 48.8 Å². The van der Waals surface area contributed by atoms with E-state index >= 15 is 0 Å². The van der Waals surface area contributed by atoms with Crippen molar-refractivity contribution < 1.29 is 9.47 Å². The van der Waals surface area contributed by atoms with Gasteiger partial charge in [0, 0.05) is 44.9 Å². The lowest BCUT2D eigenvalue weighted by atomic mass is 10.00. The van der Waals surface area contributed by atoms with Crippen LogP contribution < -0.4 is 4.74 Å². The summed E-state index contributed by atoms with van der Waals surface area (Å²) < 4.78 is 13.9. The average Bonchev–Trinajstić information content (AvgIpc) is 3.29. The van der Waals surface area contributed by atoms with Gasteiger partial charge in [-0.1, -0.05) is 18.2 Å². The quantitative estimate of drug-likeness (QED) is 0.663. The van der Waals surface area contributed by atoms with Crippen LogP contribution in [-0.2, 0) is 24.8 Å². The molecule has 0 radical (unpaired) electrons. The Kier molecular flexibility index (Phi) is 4.83. The molecule has 2 aliphatic heterocycles. The summed E-state index contributed by atoms with van der Waals surface area (Å²) in [4.78, 5) is 7.32. The molecule has 1 saturated heterocycles. The molecule has 0 aliphatic carbocycles. The van der Waals surface area contributed by atoms with E-state index in [1.54, 1.807) is 4.68 Å². The molecule has 6 heteroatoms. The van der Waals surface area contributed by atoms with Crippen LogP contribution in [0, 0.1) is 0 Å². The van der Waals surface area contributed by atoms with Gasteiger partial charge in [-0.15, -0.1) is 0 Å². The van der Waals surface area contributed by atoms with Crippen molar-refractivity contribution in [2.24, 2.45) is 7.05 Å². The Bertz CT molecular complexity index is 1060. The van der Waals surface area contributed by atoms with Gasteiger partial charge >= 0.3 is 0 Å². The first-order chi connectivity index (χ1) is 14.4. The van der Waals surface area contributed by atoms with Gasteiger partial charge in [-0.05, 0) is 43.2 Å². The van der Waals surface area contributed by atoms with Gasteiger partial charge in [-0.3, -0.25) is 9.58 Å². The van der Waals surface area contributed by atoms with Gasteiger partial charge in [-0.2, -0.15) is 5.10 Å². The number of rotatable bonds is 4. The van der Waals surface area contributed by atoms with Crippen molar-refractivity contribution >= 4 is 0 Å². The summed E-state index contributed by atoms with van der Waals surface area (Å²) >= 11 is 0. The molecular weight excluding hydrogens is 376 g/mol. The summed E-state index contributed by atoms with van der Waals surface area (Å²) in [7, 11) is 1.92. The zero-order chi connectivity index (χ0) is 20.7. The molecule has 1 unspecified atom stereocenters. The third-order valence-corrected chi connectivity index (χ3v) is 5.79. The Labute approximate surface area is 177 Å². The van der Waals surface area contributed by atoms with Gasteiger partial charge in [0.05, 0.1) is 24.2 Å². The molecule has 0 saturated carbocycles. The van der Waals surface area contributed by atoms with Gasteiger partial charge in [0.2, 0.25) is 0 Å². The third-order valence-electron chi connectivity index (χ3n) is 5.79. The molecule has 4 heterocycles. The van der Waals surface area contributed by atoms with Crippen LogP contribution in [0.2, 0.25) is 0 Å². The van der Waals surface area contributed by atoms with Crippen molar-refractivity contribution in [1.29, 1.82) is 0 Å². The second kappa shape index (κ2) is 7.52. The van der Waals surface area contributed by atoms with Crippen molar-refractivity contribution in [3.8, 4) is 17.0 Å². The number of hydrogen-bond donors (Lipinski definition) is 0. The normalized spacial score (nSPS) is 20.7. The molecule has 6 nitrogen and oxygen atoms in total. The van der Waals surface area contributed by atoms with E-state index in [-0.39, 0.29) is 11.7 Å². The lowest BCUT2D eigenvalue weighted by Crippen LogP contribution is -2.38. The lowest BCUT2D eigenvalue weighted by Gasteiger charge is -2.32. The summed E-state index contributed by atoms with van der Waals surface area (Å²) in [6, 6.07) is 12.7. The molecule has 5 rings (SSSR count). The molecule has 1 fully saturated rings. The first-order valence-corrected chi connectivity index (χ1v) is 10.6. The maximum atomic E-state index is 6.08. The zero-order valence-corrected chi connectivity index (χ0v) is 17.8. The fraction of sp³-hybridized carbons (Fsp3) is 0.417. The largest absolute Gasteiger partial charge is 0.487 e. The number of nitrogens with zero attached hydrogens (tertiary/aromatic N) is 4. The molecule has 0 spiro atoms. The highest BCUT2D eigenvalue weighted by molar-refractivity contribution is 5.57. The predicted molar refractivity (Wildman–Crippen MR) is 115 cm³/mol. The third kappa shape index (κ3) is 3.98.